The minimum Gasteiger partial charge on any atom is -0.383 e. The van der Waals surface area contributed by atoms with E-state index >= 15 is 0 Å². The van der Waals surface area contributed by atoms with E-state index in [1.165, 1.54) is 6.07 Å². The maximum absolute atomic E-state index is 11.6. The van der Waals surface area contributed by atoms with Crippen LogP contribution in [0.3, 0.4) is 0 Å². The van der Waals surface area contributed by atoms with Gasteiger partial charge in [-0.2, -0.15) is 11.8 Å². The lowest BCUT2D eigenvalue weighted by atomic mass is 10.3. The molecule has 1 atom stereocenters. The van der Waals surface area contributed by atoms with E-state index in [9.17, 15) is 4.79 Å². The summed E-state index contributed by atoms with van der Waals surface area (Å²) in [4.78, 5) is 18.9. The smallest absolute Gasteiger partial charge is 0.251 e. The summed E-state index contributed by atoms with van der Waals surface area (Å²) in [5, 5.41) is 3.17. The lowest BCUT2D eigenvalue weighted by molar-refractivity contribution is 0.0690. The Kier molecular flexibility index (Phi) is 5.84. The van der Waals surface area contributed by atoms with Crippen LogP contribution in [0.2, 0.25) is 0 Å². The monoisotopic (exact) mass is 285 g/mol. The van der Waals surface area contributed by atoms with Crippen LogP contribution in [-0.4, -0.2) is 48.3 Å². The van der Waals surface area contributed by atoms with Gasteiger partial charge < -0.3 is 19.8 Å². The van der Waals surface area contributed by atoms with Crippen molar-refractivity contribution in [1.29, 1.82) is 0 Å². The second-order valence-corrected chi connectivity index (χ2v) is 5.38. The van der Waals surface area contributed by atoms with E-state index in [0.29, 0.717) is 25.6 Å². The molecule has 0 saturated carbocycles. The van der Waals surface area contributed by atoms with Gasteiger partial charge in [-0.25, -0.2) is 4.98 Å². The highest BCUT2D eigenvalue weighted by molar-refractivity contribution is 7.99. The minimum absolute atomic E-state index is 0.106. The Morgan fingerprint density at radius 1 is 1.68 bits per heavy atom. The molecule has 0 bridgehead atoms. The van der Waals surface area contributed by atoms with Crippen LogP contribution >= 0.6 is 11.8 Å². The summed E-state index contributed by atoms with van der Waals surface area (Å²) < 4.78 is 10.6. The molecule has 1 aromatic rings. The number of aromatic nitrogens is 2. The third kappa shape index (κ3) is 4.61. The summed E-state index contributed by atoms with van der Waals surface area (Å²) >= 11 is 1.81. The number of methoxy groups -OCH3 is 1. The number of rotatable bonds is 6. The van der Waals surface area contributed by atoms with Crippen molar-refractivity contribution in [2.45, 2.75) is 12.6 Å². The number of aromatic amines is 1. The summed E-state index contributed by atoms with van der Waals surface area (Å²) in [6, 6.07) is 1.51. The van der Waals surface area contributed by atoms with E-state index in [1.807, 2.05) is 11.8 Å². The molecule has 19 heavy (non-hydrogen) atoms. The number of H-pyrrole nitrogens is 1. The Hall–Kier alpha value is -0.890. The molecule has 1 aliphatic rings. The molecule has 0 radical (unpaired) electrons. The van der Waals surface area contributed by atoms with E-state index in [1.54, 1.807) is 7.11 Å². The van der Waals surface area contributed by atoms with Gasteiger partial charge in [-0.15, -0.1) is 0 Å². The average Bonchev–Trinajstić information content (AvgIpc) is 2.44. The molecule has 1 aromatic heterocycles. The number of nitrogens with one attached hydrogen (secondary N) is 2. The zero-order valence-corrected chi connectivity index (χ0v) is 11.8. The average molecular weight is 285 g/mol. The molecule has 1 fully saturated rings. The van der Waals surface area contributed by atoms with Gasteiger partial charge in [0.25, 0.3) is 5.56 Å². The molecule has 2 N–H and O–H groups in total. The van der Waals surface area contributed by atoms with Gasteiger partial charge in [0, 0.05) is 37.8 Å². The van der Waals surface area contributed by atoms with Crippen molar-refractivity contribution < 1.29 is 9.47 Å². The molecule has 7 heteroatoms. The quantitative estimate of drug-likeness (QED) is 0.733. The van der Waals surface area contributed by atoms with Crippen LogP contribution in [0.1, 0.15) is 17.6 Å². The molecule has 0 aliphatic carbocycles. The zero-order chi connectivity index (χ0) is 13.5. The third-order valence-electron chi connectivity index (χ3n) is 2.72. The molecule has 1 unspecified atom stereocenters. The Balaban J connectivity index is 1.99. The van der Waals surface area contributed by atoms with Gasteiger partial charge in [0.1, 0.15) is 11.9 Å². The van der Waals surface area contributed by atoms with Crippen LogP contribution in [0, 0.1) is 0 Å². The Labute approximate surface area is 116 Å². The summed E-state index contributed by atoms with van der Waals surface area (Å²) in [5.41, 5.74) is 0.599. The summed E-state index contributed by atoms with van der Waals surface area (Å²) in [6.45, 7) is 2.63. The van der Waals surface area contributed by atoms with Crippen molar-refractivity contribution in [3.05, 3.63) is 27.9 Å². The highest BCUT2D eigenvalue weighted by Gasteiger charge is 2.19. The van der Waals surface area contributed by atoms with Crippen LogP contribution < -0.4 is 10.9 Å². The first-order chi connectivity index (χ1) is 9.29. The molecule has 1 saturated heterocycles. The van der Waals surface area contributed by atoms with Gasteiger partial charge in [-0.3, -0.25) is 4.79 Å². The van der Waals surface area contributed by atoms with Crippen molar-refractivity contribution in [2.24, 2.45) is 0 Å². The molecule has 0 spiro atoms. The lowest BCUT2D eigenvalue weighted by Crippen LogP contribution is -2.25. The van der Waals surface area contributed by atoms with Gasteiger partial charge >= 0.3 is 0 Å². The molecular weight excluding hydrogens is 266 g/mol. The molecule has 2 heterocycles. The molecule has 106 valence electrons. The van der Waals surface area contributed by atoms with E-state index < -0.39 is 0 Å². The van der Waals surface area contributed by atoms with Crippen LogP contribution in [-0.2, 0) is 16.0 Å². The van der Waals surface area contributed by atoms with Crippen LogP contribution in [0.5, 0.6) is 0 Å². The fourth-order valence-electron chi connectivity index (χ4n) is 1.81. The first kappa shape index (κ1) is 14.5. The van der Waals surface area contributed by atoms with Gasteiger partial charge in [0.2, 0.25) is 0 Å². The third-order valence-corrected chi connectivity index (χ3v) is 3.72. The fourth-order valence-corrected chi connectivity index (χ4v) is 2.66. The number of hydrogen-bond acceptors (Lipinski definition) is 6. The lowest BCUT2D eigenvalue weighted by Gasteiger charge is -2.21. The molecular formula is C12H19N3O3S. The van der Waals surface area contributed by atoms with Gasteiger partial charge in [-0.1, -0.05) is 0 Å². The highest BCUT2D eigenvalue weighted by Crippen LogP contribution is 2.23. The zero-order valence-electron chi connectivity index (χ0n) is 11.0. The number of nitrogens with zero attached hydrogens (tertiary/aromatic N) is 1. The summed E-state index contributed by atoms with van der Waals surface area (Å²) in [6.07, 6.45) is -0.106. The van der Waals surface area contributed by atoms with E-state index in [0.717, 1.165) is 23.7 Å². The number of ether oxygens (including phenoxy) is 2. The maximum atomic E-state index is 11.6. The largest absolute Gasteiger partial charge is 0.383 e. The predicted molar refractivity (Wildman–Crippen MR) is 74.5 cm³/mol. The topological polar surface area (TPSA) is 76.2 Å². The SMILES string of the molecule is COCCNCc1cc(=O)[nH]c(C2CSCCO2)n1. The van der Waals surface area contributed by atoms with Crippen molar-refractivity contribution in [1.82, 2.24) is 15.3 Å². The van der Waals surface area contributed by atoms with E-state index in [2.05, 4.69) is 15.3 Å². The second-order valence-electron chi connectivity index (χ2n) is 4.23. The molecule has 1 aliphatic heterocycles. The number of hydrogen-bond donors (Lipinski definition) is 2. The van der Waals surface area contributed by atoms with Crippen molar-refractivity contribution in [3.8, 4) is 0 Å². The molecule has 2 rings (SSSR count). The normalized spacial score (nSPS) is 19.5. The minimum atomic E-state index is -0.132. The van der Waals surface area contributed by atoms with Crippen molar-refractivity contribution in [2.75, 3.05) is 38.4 Å². The van der Waals surface area contributed by atoms with Gasteiger partial charge in [0.05, 0.1) is 18.9 Å². The van der Waals surface area contributed by atoms with Crippen LogP contribution in [0.4, 0.5) is 0 Å². The highest BCUT2D eigenvalue weighted by atomic mass is 32.2. The Bertz CT molecular complexity index is 446. The molecule has 0 aromatic carbocycles. The molecule has 6 nitrogen and oxygen atoms in total. The van der Waals surface area contributed by atoms with Crippen molar-refractivity contribution >= 4 is 11.8 Å². The molecule has 0 amide bonds. The van der Waals surface area contributed by atoms with Gasteiger partial charge in [-0.05, 0) is 0 Å². The van der Waals surface area contributed by atoms with Gasteiger partial charge in [0.15, 0.2) is 0 Å². The second kappa shape index (κ2) is 7.64. The van der Waals surface area contributed by atoms with E-state index in [-0.39, 0.29) is 11.7 Å². The van der Waals surface area contributed by atoms with Crippen LogP contribution in [0.15, 0.2) is 10.9 Å². The van der Waals surface area contributed by atoms with E-state index in [4.69, 9.17) is 9.47 Å². The fraction of sp³-hybridized carbons (Fsp3) is 0.667. The summed E-state index contributed by atoms with van der Waals surface area (Å²) in [5.74, 6) is 2.46. The van der Waals surface area contributed by atoms with Crippen LogP contribution in [0.25, 0.3) is 0 Å². The Morgan fingerprint density at radius 2 is 2.58 bits per heavy atom. The maximum Gasteiger partial charge on any atom is 0.251 e. The Morgan fingerprint density at radius 3 is 3.32 bits per heavy atom. The summed E-state index contributed by atoms with van der Waals surface area (Å²) in [7, 11) is 1.66. The first-order valence-corrected chi connectivity index (χ1v) is 7.44. The number of thioether (sulfide) groups is 1. The standard InChI is InChI=1S/C12H19N3O3S/c1-17-3-2-13-7-9-6-11(16)15-12(14-9)10-8-19-5-4-18-10/h6,10,13H,2-5,7-8H2,1H3,(H,14,15,16). The predicted octanol–water partition coefficient (Wildman–Crippen LogP) is 0.310. The van der Waals surface area contributed by atoms with Crippen molar-refractivity contribution in [3.63, 3.8) is 0 Å². The first-order valence-electron chi connectivity index (χ1n) is 6.28.